The first kappa shape index (κ1) is 15.7. The van der Waals surface area contributed by atoms with Gasteiger partial charge in [0.2, 0.25) is 5.89 Å². The van der Waals surface area contributed by atoms with Gasteiger partial charge in [0, 0.05) is 0 Å². The standard InChI is InChI=1S/C15H12BrN3O3S/c1-21-10-4-2-9(3-5-10)8-13-18-19-15(22-13)17-14(20)11-6-7-12(16)23-11/h2-7H,8H2,1H3,(H,17,19,20). The molecule has 118 valence electrons. The molecule has 0 fully saturated rings. The summed E-state index contributed by atoms with van der Waals surface area (Å²) in [6.07, 6.45) is 0.484. The van der Waals surface area contributed by atoms with Crippen molar-refractivity contribution in [3.63, 3.8) is 0 Å². The number of halogens is 1. The van der Waals surface area contributed by atoms with Crippen LogP contribution in [-0.2, 0) is 6.42 Å². The van der Waals surface area contributed by atoms with E-state index in [1.165, 1.54) is 11.3 Å². The zero-order valence-corrected chi connectivity index (χ0v) is 14.5. The second-order valence-electron chi connectivity index (χ2n) is 4.58. The minimum atomic E-state index is -0.277. The van der Waals surface area contributed by atoms with Gasteiger partial charge >= 0.3 is 6.01 Å². The third-order valence-corrected chi connectivity index (χ3v) is 4.62. The maximum absolute atomic E-state index is 12.0. The number of aromatic nitrogens is 2. The van der Waals surface area contributed by atoms with Crippen molar-refractivity contribution in [2.75, 3.05) is 12.4 Å². The van der Waals surface area contributed by atoms with E-state index in [1.807, 2.05) is 30.3 Å². The molecule has 0 atom stereocenters. The van der Waals surface area contributed by atoms with Crippen LogP contribution in [-0.4, -0.2) is 23.2 Å². The predicted octanol–water partition coefficient (Wildman–Crippen LogP) is 3.75. The third kappa shape index (κ3) is 3.96. The highest BCUT2D eigenvalue weighted by Gasteiger charge is 2.13. The van der Waals surface area contributed by atoms with Gasteiger partial charge in [0.1, 0.15) is 5.75 Å². The normalized spacial score (nSPS) is 10.5. The van der Waals surface area contributed by atoms with Gasteiger partial charge in [0.15, 0.2) is 0 Å². The molecule has 0 radical (unpaired) electrons. The Bertz CT molecular complexity index is 813. The van der Waals surface area contributed by atoms with E-state index in [9.17, 15) is 4.79 Å². The summed E-state index contributed by atoms with van der Waals surface area (Å²) < 4.78 is 11.4. The van der Waals surface area contributed by atoms with Crippen LogP contribution < -0.4 is 10.1 Å². The number of nitrogens with one attached hydrogen (secondary N) is 1. The van der Waals surface area contributed by atoms with Crippen molar-refractivity contribution in [3.8, 4) is 5.75 Å². The van der Waals surface area contributed by atoms with Crippen molar-refractivity contribution in [3.05, 3.63) is 56.5 Å². The highest BCUT2D eigenvalue weighted by molar-refractivity contribution is 9.11. The molecule has 0 aliphatic carbocycles. The number of ether oxygens (including phenoxy) is 1. The van der Waals surface area contributed by atoms with Crippen LogP contribution in [0.2, 0.25) is 0 Å². The van der Waals surface area contributed by atoms with Crippen LogP contribution in [0.5, 0.6) is 5.75 Å². The summed E-state index contributed by atoms with van der Waals surface area (Å²) >= 11 is 4.65. The molecule has 23 heavy (non-hydrogen) atoms. The molecule has 0 aliphatic heterocycles. The average molecular weight is 394 g/mol. The topological polar surface area (TPSA) is 77.3 Å². The van der Waals surface area contributed by atoms with Gasteiger partial charge in [-0.1, -0.05) is 17.2 Å². The van der Waals surface area contributed by atoms with Crippen LogP contribution in [0.15, 0.2) is 44.6 Å². The summed E-state index contributed by atoms with van der Waals surface area (Å²) in [6.45, 7) is 0. The molecule has 6 nitrogen and oxygen atoms in total. The molecule has 1 N–H and O–H groups in total. The number of carbonyl (C=O) groups is 1. The molecule has 2 heterocycles. The van der Waals surface area contributed by atoms with E-state index in [0.717, 1.165) is 15.1 Å². The lowest BCUT2D eigenvalue weighted by atomic mass is 10.1. The van der Waals surface area contributed by atoms with E-state index < -0.39 is 0 Å². The first-order valence-electron chi connectivity index (χ1n) is 6.66. The van der Waals surface area contributed by atoms with Gasteiger partial charge in [-0.3, -0.25) is 10.1 Å². The van der Waals surface area contributed by atoms with E-state index in [4.69, 9.17) is 9.15 Å². The summed E-state index contributed by atoms with van der Waals surface area (Å²) in [5.74, 6) is 0.938. The zero-order chi connectivity index (χ0) is 16.2. The maximum atomic E-state index is 12.0. The molecule has 1 amide bonds. The Morgan fingerprint density at radius 2 is 2.04 bits per heavy atom. The Morgan fingerprint density at radius 1 is 1.26 bits per heavy atom. The number of benzene rings is 1. The van der Waals surface area contributed by atoms with E-state index in [-0.39, 0.29) is 11.9 Å². The van der Waals surface area contributed by atoms with Crippen LogP contribution in [0.3, 0.4) is 0 Å². The minimum Gasteiger partial charge on any atom is -0.497 e. The second kappa shape index (κ2) is 6.93. The predicted molar refractivity (Wildman–Crippen MR) is 90.1 cm³/mol. The summed E-state index contributed by atoms with van der Waals surface area (Å²) in [7, 11) is 1.62. The first-order chi connectivity index (χ1) is 11.1. The number of carbonyl (C=O) groups excluding carboxylic acids is 1. The molecule has 0 saturated carbocycles. The number of hydrogen-bond acceptors (Lipinski definition) is 6. The molecule has 0 unspecified atom stereocenters. The van der Waals surface area contributed by atoms with Gasteiger partial charge in [-0.25, -0.2) is 0 Å². The molecule has 0 saturated heterocycles. The van der Waals surface area contributed by atoms with Crippen molar-refractivity contribution in [1.82, 2.24) is 10.2 Å². The zero-order valence-electron chi connectivity index (χ0n) is 12.1. The molecule has 3 rings (SSSR count). The summed E-state index contributed by atoms with van der Waals surface area (Å²) in [6, 6.07) is 11.2. The fraction of sp³-hybridized carbons (Fsp3) is 0.133. The fourth-order valence-electron chi connectivity index (χ4n) is 1.89. The van der Waals surface area contributed by atoms with Crippen molar-refractivity contribution in [2.24, 2.45) is 0 Å². The minimum absolute atomic E-state index is 0.0861. The number of amides is 1. The summed E-state index contributed by atoms with van der Waals surface area (Å²) in [5.41, 5.74) is 1.01. The molecular formula is C15H12BrN3O3S. The average Bonchev–Trinajstić information content (AvgIpc) is 3.17. The number of hydrogen-bond donors (Lipinski definition) is 1. The number of methoxy groups -OCH3 is 1. The maximum Gasteiger partial charge on any atom is 0.322 e. The SMILES string of the molecule is COc1ccc(Cc2nnc(NC(=O)c3ccc(Br)s3)o2)cc1. The lowest BCUT2D eigenvalue weighted by Gasteiger charge is -2.00. The number of rotatable bonds is 5. The second-order valence-corrected chi connectivity index (χ2v) is 7.05. The Balaban J connectivity index is 1.64. The van der Waals surface area contributed by atoms with E-state index in [1.54, 1.807) is 13.2 Å². The molecule has 0 spiro atoms. The van der Waals surface area contributed by atoms with Gasteiger partial charge in [0.05, 0.1) is 22.2 Å². The van der Waals surface area contributed by atoms with Crippen molar-refractivity contribution in [1.29, 1.82) is 0 Å². The highest BCUT2D eigenvalue weighted by atomic mass is 79.9. The largest absolute Gasteiger partial charge is 0.497 e. The molecular weight excluding hydrogens is 382 g/mol. The van der Waals surface area contributed by atoms with Crippen molar-refractivity contribution in [2.45, 2.75) is 6.42 Å². The Morgan fingerprint density at radius 3 is 2.70 bits per heavy atom. The van der Waals surface area contributed by atoms with Gasteiger partial charge in [0.25, 0.3) is 5.91 Å². The van der Waals surface area contributed by atoms with Gasteiger partial charge in [-0.2, -0.15) is 0 Å². The van der Waals surface area contributed by atoms with Gasteiger partial charge < -0.3 is 9.15 Å². The van der Waals surface area contributed by atoms with Gasteiger partial charge in [-0.05, 0) is 45.8 Å². The number of anilines is 1. The van der Waals surface area contributed by atoms with Crippen molar-refractivity contribution < 1.29 is 13.9 Å². The molecule has 0 bridgehead atoms. The smallest absolute Gasteiger partial charge is 0.322 e. The number of thiophene rings is 1. The molecule has 3 aromatic rings. The first-order valence-corrected chi connectivity index (χ1v) is 8.27. The highest BCUT2D eigenvalue weighted by Crippen LogP contribution is 2.23. The summed E-state index contributed by atoms with van der Waals surface area (Å²) in [4.78, 5) is 12.6. The Labute approximate surface area is 144 Å². The van der Waals surface area contributed by atoms with Crippen molar-refractivity contribution >= 4 is 39.2 Å². The third-order valence-electron chi connectivity index (χ3n) is 3.00. The van der Waals surface area contributed by atoms with Crippen LogP contribution in [0, 0.1) is 0 Å². The van der Waals surface area contributed by atoms with E-state index in [0.29, 0.717) is 17.2 Å². The lowest BCUT2D eigenvalue weighted by Crippen LogP contribution is -2.10. The van der Waals surface area contributed by atoms with Crippen LogP contribution in [0.1, 0.15) is 21.1 Å². The van der Waals surface area contributed by atoms with Gasteiger partial charge in [-0.15, -0.1) is 16.4 Å². The van der Waals surface area contributed by atoms with E-state index in [2.05, 4.69) is 31.4 Å². The fourth-order valence-corrected chi connectivity index (χ4v) is 3.17. The lowest BCUT2D eigenvalue weighted by molar-refractivity contribution is 0.102. The van der Waals surface area contributed by atoms with E-state index >= 15 is 0 Å². The molecule has 0 aliphatic rings. The monoisotopic (exact) mass is 393 g/mol. The Hall–Kier alpha value is -2.19. The summed E-state index contributed by atoms with van der Waals surface area (Å²) in [5, 5.41) is 10.4. The quantitative estimate of drug-likeness (QED) is 0.713. The van der Waals surface area contributed by atoms with Crippen LogP contribution in [0.25, 0.3) is 0 Å². The van der Waals surface area contributed by atoms with Crippen LogP contribution in [0.4, 0.5) is 6.01 Å². The number of nitrogens with zero attached hydrogens (tertiary/aromatic N) is 2. The Kier molecular flexibility index (Phi) is 4.73. The molecule has 8 heteroatoms. The molecule has 2 aromatic heterocycles. The van der Waals surface area contributed by atoms with Crippen LogP contribution >= 0.6 is 27.3 Å². The molecule has 1 aromatic carbocycles.